The molecule has 1 aromatic rings. The van der Waals surface area contributed by atoms with Gasteiger partial charge in [0.25, 0.3) is 0 Å². The highest BCUT2D eigenvalue weighted by Gasteiger charge is 2.26. The highest BCUT2D eigenvalue weighted by atomic mass is 32.1. The fraction of sp³-hybridized carbons (Fsp3) is 0.700. The fourth-order valence-corrected chi connectivity index (χ4v) is 2.96. The van der Waals surface area contributed by atoms with Crippen LogP contribution in [-0.4, -0.2) is 10.1 Å². The third-order valence-corrected chi connectivity index (χ3v) is 3.90. The number of thiazole rings is 1. The summed E-state index contributed by atoms with van der Waals surface area (Å²) in [6.45, 7) is 1.98. The molecule has 0 aromatic carbocycles. The molecule has 13 heavy (non-hydrogen) atoms. The second-order valence-corrected chi connectivity index (χ2v) is 4.68. The molecule has 0 saturated heterocycles. The highest BCUT2D eigenvalue weighted by molar-refractivity contribution is 7.09. The minimum atomic E-state index is -0.255. The lowest BCUT2D eigenvalue weighted by Crippen LogP contribution is -2.08. The first-order chi connectivity index (χ1) is 6.29. The lowest BCUT2D eigenvalue weighted by atomic mass is 9.99. The van der Waals surface area contributed by atoms with Gasteiger partial charge in [0, 0.05) is 0 Å². The fourth-order valence-electron chi connectivity index (χ4n) is 2.08. The Labute approximate surface area is 82.6 Å². The Balaban J connectivity index is 2.12. The zero-order chi connectivity index (χ0) is 9.26. The van der Waals surface area contributed by atoms with Crippen LogP contribution in [0.5, 0.6) is 0 Å². The SMILES string of the molecule is Cc1ncsc1C(O)C1CCCC1. The Morgan fingerprint density at radius 1 is 1.54 bits per heavy atom. The maximum absolute atomic E-state index is 10.1. The van der Waals surface area contributed by atoms with E-state index in [1.165, 1.54) is 25.7 Å². The number of hydrogen-bond acceptors (Lipinski definition) is 3. The van der Waals surface area contributed by atoms with Crippen molar-refractivity contribution in [2.45, 2.75) is 38.7 Å². The molecule has 1 N–H and O–H groups in total. The van der Waals surface area contributed by atoms with Crippen LogP contribution >= 0.6 is 11.3 Å². The van der Waals surface area contributed by atoms with Crippen LogP contribution in [0.4, 0.5) is 0 Å². The Morgan fingerprint density at radius 3 is 2.77 bits per heavy atom. The molecule has 72 valence electrons. The van der Waals surface area contributed by atoms with Crippen molar-refractivity contribution in [3.05, 3.63) is 16.1 Å². The number of aliphatic hydroxyl groups is 1. The van der Waals surface area contributed by atoms with Gasteiger partial charge in [-0.2, -0.15) is 0 Å². The zero-order valence-corrected chi connectivity index (χ0v) is 8.68. The number of rotatable bonds is 2. The van der Waals surface area contributed by atoms with Gasteiger partial charge in [-0.25, -0.2) is 4.98 Å². The molecular weight excluding hydrogens is 182 g/mol. The molecule has 1 atom stereocenters. The van der Waals surface area contributed by atoms with E-state index in [1.54, 1.807) is 11.3 Å². The molecule has 1 aliphatic rings. The summed E-state index contributed by atoms with van der Waals surface area (Å²) in [6.07, 6.45) is 4.66. The summed E-state index contributed by atoms with van der Waals surface area (Å²) in [7, 11) is 0. The van der Waals surface area contributed by atoms with E-state index in [9.17, 15) is 5.11 Å². The minimum Gasteiger partial charge on any atom is -0.387 e. The highest BCUT2D eigenvalue weighted by Crippen LogP contribution is 2.37. The van der Waals surface area contributed by atoms with E-state index in [-0.39, 0.29) is 6.10 Å². The normalized spacial score (nSPS) is 20.8. The van der Waals surface area contributed by atoms with Crippen molar-refractivity contribution in [2.24, 2.45) is 5.92 Å². The van der Waals surface area contributed by atoms with E-state index in [0.717, 1.165) is 10.6 Å². The smallest absolute Gasteiger partial charge is 0.0928 e. The van der Waals surface area contributed by atoms with Crippen LogP contribution in [-0.2, 0) is 0 Å². The van der Waals surface area contributed by atoms with Crippen molar-refractivity contribution in [2.75, 3.05) is 0 Å². The summed E-state index contributed by atoms with van der Waals surface area (Å²) >= 11 is 1.58. The number of hydrogen-bond donors (Lipinski definition) is 1. The first kappa shape index (κ1) is 9.16. The van der Waals surface area contributed by atoms with Gasteiger partial charge in [0.1, 0.15) is 0 Å². The number of aliphatic hydroxyl groups excluding tert-OH is 1. The van der Waals surface area contributed by atoms with Crippen LogP contribution in [0.1, 0.15) is 42.4 Å². The molecule has 2 nitrogen and oxygen atoms in total. The summed E-state index contributed by atoms with van der Waals surface area (Å²) in [5.74, 6) is 0.485. The second kappa shape index (κ2) is 3.76. The van der Waals surface area contributed by atoms with Gasteiger partial charge in [0.15, 0.2) is 0 Å². The molecule has 0 bridgehead atoms. The maximum atomic E-state index is 10.1. The largest absolute Gasteiger partial charge is 0.387 e. The van der Waals surface area contributed by atoms with Gasteiger partial charge in [0.2, 0.25) is 0 Å². The molecule has 1 aromatic heterocycles. The molecule has 1 saturated carbocycles. The Morgan fingerprint density at radius 2 is 2.23 bits per heavy atom. The summed E-state index contributed by atoms with van der Waals surface area (Å²) in [5.41, 5.74) is 2.83. The average molecular weight is 197 g/mol. The molecule has 1 unspecified atom stereocenters. The summed E-state index contributed by atoms with van der Waals surface area (Å²) < 4.78 is 0. The number of aromatic nitrogens is 1. The van der Waals surface area contributed by atoms with E-state index in [4.69, 9.17) is 0 Å². The number of nitrogens with zero attached hydrogens (tertiary/aromatic N) is 1. The zero-order valence-electron chi connectivity index (χ0n) is 7.86. The molecule has 0 radical (unpaired) electrons. The van der Waals surface area contributed by atoms with Gasteiger partial charge < -0.3 is 5.11 Å². The number of aryl methyl sites for hydroxylation is 1. The van der Waals surface area contributed by atoms with Crippen LogP contribution in [0, 0.1) is 12.8 Å². The average Bonchev–Trinajstić information content (AvgIpc) is 2.72. The lowest BCUT2D eigenvalue weighted by Gasteiger charge is -2.16. The first-order valence-electron chi connectivity index (χ1n) is 4.87. The molecular formula is C10H15NOS. The van der Waals surface area contributed by atoms with E-state index in [1.807, 2.05) is 12.4 Å². The van der Waals surface area contributed by atoms with Gasteiger partial charge in [-0.1, -0.05) is 12.8 Å². The molecule has 1 fully saturated rings. The minimum absolute atomic E-state index is 0.255. The van der Waals surface area contributed by atoms with Gasteiger partial charge >= 0.3 is 0 Å². The maximum Gasteiger partial charge on any atom is 0.0928 e. The van der Waals surface area contributed by atoms with Crippen LogP contribution in [0.25, 0.3) is 0 Å². The van der Waals surface area contributed by atoms with Crippen molar-refractivity contribution in [1.82, 2.24) is 4.98 Å². The predicted octanol–water partition coefficient (Wildman–Crippen LogP) is 2.68. The molecule has 1 aliphatic carbocycles. The predicted molar refractivity (Wildman–Crippen MR) is 53.8 cm³/mol. The molecule has 0 aliphatic heterocycles. The monoisotopic (exact) mass is 197 g/mol. The standard InChI is InChI=1S/C10H15NOS/c1-7-10(13-6-11-7)9(12)8-4-2-3-5-8/h6,8-9,12H,2-5H2,1H3. The third-order valence-electron chi connectivity index (χ3n) is 2.90. The summed E-state index contributed by atoms with van der Waals surface area (Å²) in [4.78, 5) is 5.24. The van der Waals surface area contributed by atoms with Gasteiger partial charge in [-0.15, -0.1) is 11.3 Å². The van der Waals surface area contributed by atoms with Crippen molar-refractivity contribution < 1.29 is 5.11 Å². The molecule has 1 heterocycles. The van der Waals surface area contributed by atoms with Crippen LogP contribution in [0.2, 0.25) is 0 Å². The van der Waals surface area contributed by atoms with Crippen LogP contribution in [0.3, 0.4) is 0 Å². The Bertz CT molecular complexity index is 278. The van der Waals surface area contributed by atoms with Gasteiger partial charge in [-0.3, -0.25) is 0 Å². The van der Waals surface area contributed by atoms with Gasteiger partial charge in [-0.05, 0) is 25.7 Å². The van der Waals surface area contributed by atoms with Crippen molar-refractivity contribution >= 4 is 11.3 Å². The van der Waals surface area contributed by atoms with E-state index in [0.29, 0.717) is 5.92 Å². The first-order valence-corrected chi connectivity index (χ1v) is 5.75. The second-order valence-electron chi connectivity index (χ2n) is 3.79. The Kier molecular flexibility index (Phi) is 2.65. The van der Waals surface area contributed by atoms with Crippen LogP contribution < -0.4 is 0 Å². The van der Waals surface area contributed by atoms with E-state index < -0.39 is 0 Å². The van der Waals surface area contributed by atoms with Crippen molar-refractivity contribution in [3.8, 4) is 0 Å². The van der Waals surface area contributed by atoms with E-state index >= 15 is 0 Å². The van der Waals surface area contributed by atoms with Crippen molar-refractivity contribution in [1.29, 1.82) is 0 Å². The quantitative estimate of drug-likeness (QED) is 0.790. The molecule has 0 amide bonds. The summed E-state index contributed by atoms with van der Waals surface area (Å²) in [5, 5.41) is 10.1. The molecule has 2 rings (SSSR count). The topological polar surface area (TPSA) is 33.1 Å². The van der Waals surface area contributed by atoms with Gasteiger partial charge in [0.05, 0.1) is 22.2 Å². The molecule has 0 spiro atoms. The third kappa shape index (κ3) is 1.76. The van der Waals surface area contributed by atoms with Crippen molar-refractivity contribution in [3.63, 3.8) is 0 Å². The molecule has 3 heteroatoms. The Hall–Kier alpha value is -0.410. The van der Waals surface area contributed by atoms with Crippen LogP contribution in [0.15, 0.2) is 5.51 Å². The summed E-state index contributed by atoms with van der Waals surface area (Å²) in [6, 6.07) is 0. The van der Waals surface area contributed by atoms with E-state index in [2.05, 4.69) is 4.98 Å². The lowest BCUT2D eigenvalue weighted by molar-refractivity contribution is 0.114.